The molecule has 2 N–H and O–H groups in total. The van der Waals surface area contributed by atoms with Crippen LogP contribution in [0.4, 0.5) is 5.69 Å². The van der Waals surface area contributed by atoms with Gasteiger partial charge in [-0.3, -0.25) is 14.4 Å². The summed E-state index contributed by atoms with van der Waals surface area (Å²) < 4.78 is 0. The van der Waals surface area contributed by atoms with E-state index in [1.807, 2.05) is 13.8 Å². The molecule has 1 atom stereocenters. The number of rotatable bonds is 6. The maximum absolute atomic E-state index is 12.1. The van der Waals surface area contributed by atoms with Gasteiger partial charge in [-0.2, -0.15) is 0 Å². The zero-order valence-electron chi connectivity index (χ0n) is 13.4. The topological polar surface area (TPSA) is 75.3 Å². The van der Waals surface area contributed by atoms with Crippen LogP contribution in [0, 0.1) is 5.92 Å². The first kappa shape index (κ1) is 17.5. The van der Waals surface area contributed by atoms with Crippen LogP contribution in [-0.2, 0) is 9.59 Å². The first-order chi connectivity index (χ1) is 11.0. The van der Waals surface area contributed by atoms with E-state index in [0.29, 0.717) is 17.7 Å². The second kappa shape index (κ2) is 8.15. The highest BCUT2D eigenvalue weighted by atomic mass is 32.2. The molecule has 1 aliphatic rings. The van der Waals surface area contributed by atoms with Crippen molar-refractivity contribution in [1.29, 1.82) is 0 Å². The highest BCUT2D eigenvalue weighted by molar-refractivity contribution is 8.14. The highest BCUT2D eigenvalue weighted by Crippen LogP contribution is 2.20. The first-order valence-electron chi connectivity index (χ1n) is 7.93. The molecular weight excluding hydrogens is 312 g/mol. The Bertz CT molecular complexity index is 582. The minimum absolute atomic E-state index is 0.000721. The van der Waals surface area contributed by atoms with E-state index in [2.05, 4.69) is 10.6 Å². The zero-order valence-corrected chi connectivity index (χ0v) is 14.2. The molecule has 0 bridgehead atoms. The van der Waals surface area contributed by atoms with Crippen molar-refractivity contribution < 1.29 is 14.4 Å². The van der Waals surface area contributed by atoms with Crippen molar-refractivity contribution in [2.24, 2.45) is 5.92 Å². The van der Waals surface area contributed by atoms with Crippen LogP contribution in [0.1, 0.15) is 43.5 Å². The Hall–Kier alpha value is -1.82. The fraction of sp³-hybridized carbons (Fsp3) is 0.471. The summed E-state index contributed by atoms with van der Waals surface area (Å²) in [4.78, 5) is 35.7. The molecule has 0 aliphatic carbocycles. The Morgan fingerprint density at radius 2 is 1.87 bits per heavy atom. The maximum atomic E-state index is 12.1. The van der Waals surface area contributed by atoms with Crippen LogP contribution in [0.15, 0.2) is 24.3 Å². The molecule has 1 aliphatic heterocycles. The smallest absolute Gasteiger partial charge is 0.251 e. The number of carbonyl (C=O) groups is 3. The van der Waals surface area contributed by atoms with Gasteiger partial charge >= 0.3 is 0 Å². The number of anilines is 1. The van der Waals surface area contributed by atoms with Gasteiger partial charge in [0.1, 0.15) is 0 Å². The van der Waals surface area contributed by atoms with Gasteiger partial charge in [0.05, 0.1) is 6.04 Å². The summed E-state index contributed by atoms with van der Waals surface area (Å²) in [6.45, 7) is 3.98. The fourth-order valence-corrected chi connectivity index (χ4v) is 3.41. The predicted octanol–water partition coefficient (Wildman–Crippen LogP) is 2.82. The lowest BCUT2D eigenvalue weighted by molar-refractivity contribution is -0.120. The number of nitrogens with one attached hydrogen (secondary N) is 2. The SMILES string of the molecule is CCC(CC)C(=O)Nc1ccc(C(=O)NC2CCSC2=O)cc1. The summed E-state index contributed by atoms with van der Waals surface area (Å²) in [5.41, 5.74) is 1.15. The lowest BCUT2D eigenvalue weighted by Crippen LogP contribution is -2.37. The second-order valence-electron chi connectivity index (χ2n) is 5.56. The van der Waals surface area contributed by atoms with E-state index >= 15 is 0 Å². The lowest BCUT2D eigenvalue weighted by Gasteiger charge is -2.13. The Kier molecular flexibility index (Phi) is 6.21. The molecule has 6 heteroatoms. The van der Waals surface area contributed by atoms with Gasteiger partial charge in [0.15, 0.2) is 0 Å². The average molecular weight is 334 g/mol. The normalized spacial score (nSPS) is 17.3. The molecular formula is C17H22N2O3S. The summed E-state index contributed by atoms with van der Waals surface area (Å²) in [5.74, 6) is 0.499. The quantitative estimate of drug-likeness (QED) is 0.839. The van der Waals surface area contributed by atoms with Crippen molar-refractivity contribution in [2.75, 3.05) is 11.1 Å². The largest absolute Gasteiger partial charge is 0.341 e. The monoisotopic (exact) mass is 334 g/mol. The van der Waals surface area contributed by atoms with E-state index in [-0.39, 0.29) is 28.9 Å². The van der Waals surface area contributed by atoms with Crippen LogP contribution in [-0.4, -0.2) is 28.7 Å². The molecule has 1 heterocycles. The second-order valence-corrected chi connectivity index (χ2v) is 6.66. The molecule has 0 radical (unpaired) electrons. The molecule has 1 aromatic rings. The summed E-state index contributed by atoms with van der Waals surface area (Å²) in [7, 11) is 0. The third-order valence-corrected chi connectivity index (χ3v) is 5.02. The number of thioether (sulfide) groups is 1. The fourth-order valence-electron chi connectivity index (χ4n) is 2.48. The number of amides is 2. The van der Waals surface area contributed by atoms with Crippen molar-refractivity contribution in [1.82, 2.24) is 5.32 Å². The Labute approximate surface area is 140 Å². The summed E-state index contributed by atoms with van der Waals surface area (Å²) in [6, 6.07) is 6.34. The number of carbonyl (C=O) groups excluding carboxylic acids is 3. The predicted molar refractivity (Wildman–Crippen MR) is 92.5 cm³/mol. The molecule has 0 spiro atoms. The summed E-state index contributed by atoms with van der Waals surface area (Å²) in [5, 5.41) is 5.63. The van der Waals surface area contributed by atoms with E-state index in [0.717, 1.165) is 18.6 Å². The third-order valence-electron chi connectivity index (χ3n) is 4.01. The van der Waals surface area contributed by atoms with E-state index in [4.69, 9.17) is 0 Å². The Morgan fingerprint density at radius 1 is 1.22 bits per heavy atom. The molecule has 1 fully saturated rings. The van der Waals surface area contributed by atoms with E-state index in [1.54, 1.807) is 24.3 Å². The van der Waals surface area contributed by atoms with Gasteiger partial charge in [0, 0.05) is 22.9 Å². The van der Waals surface area contributed by atoms with E-state index in [1.165, 1.54) is 11.8 Å². The van der Waals surface area contributed by atoms with Crippen LogP contribution in [0.2, 0.25) is 0 Å². The Morgan fingerprint density at radius 3 is 2.39 bits per heavy atom. The van der Waals surface area contributed by atoms with Gasteiger partial charge in [-0.05, 0) is 43.5 Å². The number of benzene rings is 1. The summed E-state index contributed by atoms with van der Waals surface area (Å²) in [6.07, 6.45) is 2.28. The van der Waals surface area contributed by atoms with Crippen LogP contribution in [0.5, 0.6) is 0 Å². The van der Waals surface area contributed by atoms with Crippen molar-refractivity contribution in [3.63, 3.8) is 0 Å². The van der Waals surface area contributed by atoms with Gasteiger partial charge < -0.3 is 10.6 Å². The molecule has 5 nitrogen and oxygen atoms in total. The molecule has 1 saturated heterocycles. The molecule has 2 rings (SSSR count). The van der Waals surface area contributed by atoms with Gasteiger partial charge in [0.25, 0.3) is 5.91 Å². The first-order valence-corrected chi connectivity index (χ1v) is 8.92. The van der Waals surface area contributed by atoms with Crippen molar-refractivity contribution in [3.05, 3.63) is 29.8 Å². The minimum atomic E-state index is -0.387. The van der Waals surface area contributed by atoms with Crippen molar-refractivity contribution in [2.45, 2.75) is 39.2 Å². The lowest BCUT2D eigenvalue weighted by atomic mass is 10.0. The van der Waals surface area contributed by atoms with Gasteiger partial charge in [0.2, 0.25) is 11.0 Å². The van der Waals surface area contributed by atoms with Gasteiger partial charge in [-0.25, -0.2) is 0 Å². The average Bonchev–Trinajstić information content (AvgIpc) is 2.94. The zero-order chi connectivity index (χ0) is 16.8. The molecule has 1 aromatic carbocycles. The molecule has 23 heavy (non-hydrogen) atoms. The molecule has 0 saturated carbocycles. The minimum Gasteiger partial charge on any atom is -0.341 e. The molecule has 1 unspecified atom stereocenters. The van der Waals surface area contributed by atoms with E-state index in [9.17, 15) is 14.4 Å². The van der Waals surface area contributed by atoms with Gasteiger partial charge in [-0.1, -0.05) is 25.6 Å². The van der Waals surface area contributed by atoms with Gasteiger partial charge in [-0.15, -0.1) is 0 Å². The molecule has 2 amide bonds. The molecule has 0 aromatic heterocycles. The standard InChI is InChI=1S/C17H22N2O3S/c1-3-11(4-2)15(20)18-13-7-5-12(6-8-13)16(21)19-14-9-10-23-17(14)22/h5-8,11,14H,3-4,9-10H2,1-2H3,(H,18,20)(H,19,21). The Balaban J connectivity index is 1.94. The maximum Gasteiger partial charge on any atom is 0.251 e. The molecule has 124 valence electrons. The van der Waals surface area contributed by atoms with Crippen molar-refractivity contribution in [3.8, 4) is 0 Å². The summed E-state index contributed by atoms with van der Waals surface area (Å²) >= 11 is 1.26. The van der Waals surface area contributed by atoms with Crippen LogP contribution in [0.3, 0.4) is 0 Å². The van der Waals surface area contributed by atoms with Crippen molar-refractivity contribution >= 4 is 34.4 Å². The van der Waals surface area contributed by atoms with Crippen LogP contribution < -0.4 is 10.6 Å². The van der Waals surface area contributed by atoms with Crippen LogP contribution in [0.25, 0.3) is 0 Å². The number of hydrogen-bond donors (Lipinski definition) is 2. The third kappa shape index (κ3) is 4.58. The van der Waals surface area contributed by atoms with E-state index < -0.39 is 0 Å². The van der Waals surface area contributed by atoms with Crippen LogP contribution >= 0.6 is 11.8 Å². The highest BCUT2D eigenvalue weighted by Gasteiger charge is 2.27. The number of hydrogen-bond acceptors (Lipinski definition) is 4.